The normalized spacial score (nSPS) is 14.3. The van der Waals surface area contributed by atoms with Crippen molar-refractivity contribution >= 4 is 35.8 Å². The van der Waals surface area contributed by atoms with Gasteiger partial charge in [0.05, 0.1) is 35.1 Å². The zero-order valence-electron chi connectivity index (χ0n) is 23.4. The van der Waals surface area contributed by atoms with Crippen LogP contribution >= 0.6 is 0 Å². The van der Waals surface area contributed by atoms with Crippen molar-refractivity contribution in [1.29, 1.82) is 0 Å². The summed E-state index contributed by atoms with van der Waals surface area (Å²) in [7, 11) is 0. The molecule has 0 bridgehead atoms. The Kier molecular flexibility index (Phi) is 7.68. The van der Waals surface area contributed by atoms with Gasteiger partial charge < -0.3 is 25.1 Å². The van der Waals surface area contributed by atoms with Gasteiger partial charge in [-0.2, -0.15) is 0 Å². The second kappa shape index (κ2) is 10.8. The molecular weight excluding hydrogens is 510 g/mol. The van der Waals surface area contributed by atoms with E-state index in [2.05, 4.69) is 10.6 Å². The summed E-state index contributed by atoms with van der Waals surface area (Å²) >= 11 is 0. The smallest absolute Gasteiger partial charge is 0.337 e. The van der Waals surface area contributed by atoms with Crippen molar-refractivity contribution in [1.82, 2.24) is 5.32 Å². The SMILES string of the molecule is Cc1cc([C@H](N/C(C=O)=C(/C=O)Nc2ccc(C)c3c2C(=O)N(c2ccccc2C(=O)O)C3)C(C)(C)C)oc1C. The van der Waals surface area contributed by atoms with Crippen molar-refractivity contribution in [3.05, 3.63) is 93.2 Å². The first kappa shape index (κ1) is 28.4. The van der Waals surface area contributed by atoms with Gasteiger partial charge in [-0.1, -0.05) is 39.0 Å². The number of para-hydroxylation sites is 1. The number of carboxylic acids is 1. The molecule has 2 heterocycles. The number of rotatable bonds is 9. The minimum Gasteiger partial charge on any atom is -0.478 e. The molecule has 2 aromatic carbocycles. The molecule has 4 rings (SSSR count). The van der Waals surface area contributed by atoms with E-state index in [1.165, 1.54) is 11.0 Å². The molecule has 0 spiro atoms. The molecule has 1 atom stereocenters. The molecule has 0 saturated heterocycles. The Labute approximate surface area is 232 Å². The second-order valence-electron chi connectivity index (χ2n) is 11.0. The number of hydrogen-bond acceptors (Lipinski definition) is 7. The number of anilines is 2. The maximum absolute atomic E-state index is 13.7. The Balaban J connectivity index is 1.74. The van der Waals surface area contributed by atoms with Gasteiger partial charge in [-0.3, -0.25) is 14.4 Å². The van der Waals surface area contributed by atoms with Gasteiger partial charge >= 0.3 is 5.97 Å². The lowest BCUT2D eigenvalue weighted by atomic mass is 9.85. The number of nitrogens with one attached hydrogen (secondary N) is 2. The Morgan fingerprint density at radius 1 is 1.02 bits per heavy atom. The van der Waals surface area contributed by atoms with E-state index >= 15 is 0 Å². The quantitative estimate of drug-likeness (QED) is 0.240. The van der Waals surface area contributed by atoms with Crippen molar-refractivity contribution in [3.63, 3.8) is 0 Å². The third-order valence-corrected chi connectivity index (χ3v) is 7.18. The largest absolute Gasteiger partial charge is 0.478 e. The number of amides is 1. The summed E-state index contributed by atoms with van der Waals surface area (Å²) in [5.74, 6) is -0.155. The Morgan fingerprint density at radius 2 is 1.70 bits per heavy atom. The number of hydrogen-bond donors (Lipinski definition) is 3. The van der Waals surface area contributed by atoms with E-state index in [0.29, 0.717) is 35.1 Å². The summed E-state index contributed by atoms with van der Waals surface area (Å²) < 4.78 is 5.95. The highest BCUT2D eigenvalue weighted by Gasteiger charge is 2.35. The van der Waals surface area contributed by atoms with E-state index in [4.69, 9.17) is 4.42 Å². The maximum Gasteiger partial charge on any atom is 0.337 e. The Hall–Kier alpha value is -4.66. The van der Waals surface area contributed by atoms with Crippen molar-refractivity contribution in [2.24, 2.45) is 5.41 Å². The number of nitrogens with zero attached hydrogens (tertiary/aromatic N) is 1. The van der Waals surface area contributed by atoms with Crippen LogP contribution in [0.15, 0.2) is 58.3 Å². The molecule has 1 aliphatic rings. The van der Waals surface area contributed by atoms with Crippen molar-refractivity contribution in [2.75, 3.05) is 10.2 Å². The van der Waals surface area contributed by atoms with Crippen LogP contribution in [0, 0.1) is 26.2 Å². The highest BCUT2D eigenvalue weighted by Crippen LogP contribution is 2.38. The van der Waals surface area contributed by atoms with E-state index < -0.39 is 23.3 Å². The fourth-order valence-corrected chi connectivity index (χ4v) is 4.85. The molecule has 9 heteroatoms. The predicted octanol–water partition coefficient (Wildman–Crippen LogP) is 5.46. The molecule has 1 aromatic heterocycles. The van der Waals surface area contributed by atoms with E-state index in [-0.39, 0.29) is 29.2 Å². The van der Waals surface area contributed by atoms with Gasteiger partial charge in [0.25, 0.3) is 5.91 Å². The van der Waals surface area contributed by atoms with Gasteiger partial charge in [0.1, 0.15) is 22.9 Å². The van der Waals surface area contributed by atoms with Gasteiger partial charge in [0.2, 0.25) is 0 Å². The number of aryl methyl sites for hydroxylation is 3. The molecule has 1 aliphatic heterocycles. The van der Waals surface area contributed by atoms with Crippen molar-refractivity contribution < 1.29 is 28.7 Å². The predicted molar refractivity (Wildman–Crippen MR) is 151 cm³/mol. The monoisotopic (exact) mass is 543 g/mol. The molecule has 0 fully saturated rings. The maximum atomic E-state index is 13.7. The average Bonchev–Trinajstić information content (AvgIpc) is 3.43. The summed E-state index contributed by atoms with van der Waals surface area (Å²) in [6, 6.07) is 11.3. The standard InChI is InChI=1S/C31H33N3O6/c1-17-11-12-22(27-21(17)14-34(29(27)37)25-10-8-7-9-20(25)30(38)39)32-23(15-35)24(16-36)33-28(31(4,5)6)26-13-18(2)19(3)40-26/h7-13,15-16,28,32-33H,14H2,1-6H3,(H,38,39)/b24-23-/t28-/m0/s1. The number of allylic oxidation sites excluding steroid dienone is 2. The lowest BCUT2D eigenvalue weighted by Crippen LogP contribution is -2.33. The molecule has 0 radical (unpaired) electrons. The zero-order valence-corrected chi connectivity index (χ0v) is 23.4. The summed E-state index contributed by atoms with van der Waals surface area (Å²) in [4.78, 5) is 51.5. The topological polar surface area (TPSA) is 129 Å². The van der Waals surface area contributed by atoms with E-state index in [0.717, 1.165) is 16.9 Å². The van der Waals surface area contributed by atoms with Crippen molar-refractivity contribution in [2.45, 2.75) is 54.1 Å². The molecule has 0 unspecified atom stereocenters. The number of carbonyl (C=O) groups excluding carboxylic acids is 3. The Morgan fingerprint density at radius 3 is 2.27 bits per heavy atom. The van der Waals surface area contributed by atoms with E-state index in [1.54, 1.807) is 24.3 Å². The molecule has 40 heavy (non-hydrogen) atoms. The Bertz CT molecular complexity index is 1520. The first-order valence-corrected chi connectivity index (χ1v) is 12.9. The number of benzene rings is 2. The third kappa shape index (κ3) is 5.27. The van der Waals surface area contributed by atoms with Gasteiger partial charge in [0, 0.05) is 0 Å². The molecule has 3 aromatic rings. The van der Waals surface area contributed by atoms with Crippen LogP contribution in [0.3, 0.4) is 0 Å². The number of aromatic carboxylic acids is 1. The van der Waals surface area contributed by atoms with Crippen LogP contribution in [0.4, 0.5) is 11.4 Å². The summed E-state index contributed by atoms with van der Waals surface area (Å²) in [6.45, 7) is 11.8. The second-order valence-corrected chi connectivity index (χ2v) is 11.0. The lowest BCUT2D eigenvalue weighted by Gasteiger charge is -2.31. The highest BCUT2D eigenvalue weighted by atomic mass is 16.4. The number of fused-ring (bicyclic) bond motifs is 1. The minimum atomic E-state index is -1.14. The van der Waals surface area contributed by atoms with Crippen LogP contribution in [0.5, 0.6) is 0 Å². The van der Waals surface area contributed by atoms with E-state index in [1.807, 2.05) is 53.7 Å². The molecular formula is C31H33N3O6. The van der Waals surface area contributed by atoms with Crippen LogP contribution in [-0.4, -0.2) is 29.6 Å². The fourth-order valence-electron chi connectivity index (χ4n) is 4.85. The van der Waals surface area contributed by atoms with Gasteiger partial charge in [-0.15, -0.1) is 0 Å². The average molecular weight is 544 g/mol. The zero-order chi connectivity index (χ0) is 29.4. The summed E-state index contributed by atoms with van der Waals surface area (Å²) in [6.07, 6.45) is 1.09. The van der Waals surface area contributed by atoms with Gasteiger partial charge in [-0.25, -0.2) is 4.79 Å². The first-order chi connectivity index (χ1) is 18.9. The molecule has 0 saturated carbocycles. The highest BCUT2D eigenvalue weighted by molar-refractivity contribution is 6.16. The van der Waals surface area contributed by atoms with Crippen LogP contribution in [0.2, 0.25) is 0 Å². The molecule has 3 N–H and O–H groups in total. The summed E-state index contributed by atoms with van der Waals surface area (Å²) in [5, 5.41) is 15.8. The van der Waals surface area contributed by atoms with Crippen molar-refractivity contribution in [3.8, 4) is 0 Å². The van der Waals surface area contributed by atoms with E-state index in [9.17, 15) is 24.3 Å². The summed E-state index contributed by atoms with van der Waals surface area (Å²) in [5.41, 5.74) is 3.02. The number of aldehydes is 2. The van der Waals surface area contributed by atoms with Crippen LogP contribution in [-0.2, 0) is 16.1 Å². The van der Waals surface area contributed by atoms with Crippen LogP contribution in [0.25, 0.3) is 0 Å². The molecule has 208 valence electrons. The van der Waals surface area contributed by atoms with Crippen LogP contribution < -0.4 is 15.5 Å². The minimum absolute atomic E-state index is 0.00774. The van der Waals surface area contributed by atoms with Gasteiger partial charge in [-0.05, 0) is 67.1 Å². The number of carbonyl (C=O) groups is 4. The fraction of sp³-hybridized carbons (Fsp3) is 0.290. The molecule has 1 amide bonds. The lowest BCUT2D eigenvalue weighted by molar-refractivity contribution is -0.107. The number of carboxylic acid groups (broad SMARTS) is 1. The molecule has 9 nitrogen and oxygen atoms in total. The number of furan rings is 1. The van der Waals surface area contributed by atoms with Crippen LogP contribution in [0.1, 0.15) is 75.7 Å². The molecule has 0 aliphatic carbocycles. The first-order valence-electron chi connectivity index (χ1n) is 12.9. The third-order valence-electron chi connectivity index (χ3n) is 7.18. The van der Waals surface area contributed by atoms with Gasteiger partial charge in [0.15, 0.2) is 12.6 Å².